The average Bonchev–Trinajstić information content (AvgIpc) is 2.30. The molecule has 1 atom stereocenters. The molecule has 1 unspecified atom stereocenters. The number of fused-ring (bicyclic) bond motifs is 1. The van der Waals surface area contributed by atoms with Crippen molar-refractivity contribution in [2.45, 2.75) is 31.1 Å². The molecule has 1 aliphatic carbocycles. The molecule has 0 radical (unpaired) electrons. The van der Waals surface area contributed by atoms with Gasteiger partial charge in [0.15, 0.2) is 0 Å². The molecule has 2 nitrogen and oxygen atoms in total. The predicted octanol–water partition coefficient (Wildman–Crippen LogP) is 2.70. The molecule has 0 aliphatic heterocycles. The summed E-state index contributed by atoms with van der Waals surface area (Å²) in [6.07, 6.45) is 3.16. The van der Waals surface area contributed by atoms with Gasteiger partial charge in [0.25, 0.3) is 0 Å². The fraction of sp³-hybridized carbons (Fsp3) is 0.385. The Bertz CT molecular complexity index is 450. The predicted molar refractivity (Wildman–Crippen MR) is 56.9 cm³/mol. The molecule has 1 aromatic carbocycles. The van der Waals surface area contributed by atoms with Gasteiger partial charge in [-0.1, -0.05) is 24.3 Å². The molecular formula is C13H12N2. The standard InChI is InChI=1S/C13H12N2/c14-9-8-13(10-15)7-3-5-11-4-1-2-6-12(11)13/h1-2,4,6H,3,5,7-8H2. The van der Waals surface area contributed by atoms with Crippen LogP contribution in [0.1, 0.15) is 30.4 Å². The van der Waals surface area contributed by atoms with Gasteiger partial charge >= 0.3 is 0 Å². The molecule has 1 aromatic rings. The third-order valence-corrected chi connectivity index (χ3v) is 3.18. The molecule has 1 aliphatic rings. The summed E-state index contributed by atoms with van der Waals surface area (Å²) in [6, 6.07) is 12.5. The van der Waals surface area contributed by atoms with Crippen LogP contribution in [0, 0.1) is 22.7 Å². The highest BCUT2D eigenvalue weighted by Gasteiger charge is 2.36. The Morgan fingerprint density at radius 2 is 2.07 bits per heavy atom. The lowest BCUT2D eigenvalue weighted by molar-refractivity contribution is 0.461. The monoisotopic (exact) mass is 196 g/mol. The zero-order chi connectivity index (χ0) is 10.7. The summed E-state index contributed by atoms with van der Waals surface area (Å²) in [6.45, 7) is 0. The van der Waals surface area contributed by atoms with Gasteiger partial charge in [-0.3, -0.25) is 0 Å². The minimum absolute atomic E-state index is 0.306. The van der Waals surface area contributed by atoms with E-state index in [-0.39, 0.29) is 0 Å². The highest BCUT2D eigenvalue weighted by molar-refractivity contribution is 5.42. The highest BCUT2D eigenvalue weighted by Crippen LogP contribution is 2.39. The van der Waals surface area contributed by atoms with Gasteiger partial charge < -0.3 is 0 Å². The van der Waals surface area contributed by atoms with Crippen molar-refractivity contribution < 1.29 is 0 Å². The van der Waals surface area contributed by atoms with Crippen LogP contribution in [-0.4, -0.2) is 0 Å². The molecular weight excluding hydrogens is 184 g/mol. The Hall–Kier alpha value is -1.80. The molecule has 0 saturated heterocycles. The van der Waals surface area contributed by atoms with Crippen LogP contribution < -0.4 is 0 Å². The van der Waals surface area contributed by atoms with E-state index in [2.05, 4.69) is 18.2 Å². The second kappa shape index (κ2) is 3.75. The van der Waals surface area contributed by atoms with E-state index >= 15 is 0 Å². The molecule has 74 valence electrons. The number of nitrogens with zero attached hydrogens (tertiary/aromatic N) is 2. The molecule has 2 rings (SSSR count). The first kappa shape index (κ1) is 9.74. The van der Waals surface area contributed by atoms with E-state index in [9.17, 15) is 5.26 Å². The molecule has 0 fully saturated rings. The molecule has 15 heavy (non-hydrogen) atoms. The Labute approximate surface area is 89.8 Å². The lowest BCUT2D eigenvalue weighted by Crippen LogP contribution is -2.28. The number of aryl methyl sites for hydroxylation is 1. The van der Waals surface area contributed by atoms with E-state index in [1.165, 1.54) is 5.56 Å². The summed E-state index contributed by atoms with van der Waals surface area (Å²) in [5.74, 6) is 0. The number of hydrogen-bond donors (Lipinski definition) is 0. The van der Waals surface area contributed by atoms with E-state index < -0.39 is 5.41 Å². The van der Waals surface area contributed by atoms with Crippen molar-refractivity contribution in [3.05, 3.63) is 35.4 Å². The fourth-order valence-corrected chi connectivity index (χ4v) is 2.39. The molecule has 0 amide bonds. The lowest BCUT2D eigenvalue weighted by Gasteiger charge is -2.31. The zero-order valence-corrected chi connectivity index (χ0v) is 8.53. The van der Waals surface area contributed by atoms with Crippen LogP contribution in [0.15, 0.2) is 24.3 Å². The first-order chi connectivity index (χ1) is 7.32. The average molecular weight is 196 g/mol. The van der Waals surface area contributed by atoms with Crippen LogP contribution in [0.5, 0.6) is 0 Å². The number of hydrogen-bond acceptors (Lipinski definition) is 2. The summed E-state index contributed by atoms with van der Waals surface area (Å²) >= 11 is 0. The topological polar surface area (TPSA) is 47.6 Å². The maximum Gasteiger partial charge on any atom is 0.0954 e. The van der Waals surface area contributed by atoms with Crippen molar-refractivity contribution >= 4 is 0 Å². The minimum Gasteiger partial charge on any atom is -0.198 e. The van der Waals surface area contributed by atoms with Gasteiger partial charge in [-0.05, 0) is 30.4 Å². The Balaban J connectivity index is 2.54. The first-order valence-corrected chi connectivity index (χ1v) is 5.19. The third kappa shape index (κ3) is 1.49. The Kier molecular flexibility index (Phi) is 2.44. The first-order valence-electron chi connectivity index (χ1n) is 5.19. The van der Waals surface area contributed by atoms with Gasteiger partial charge in [0.1, 0.15) is 0 Å². The van der Waals surface area contributed by atoms with Crippen molar-refractivity contribution in [2.75, 3.05) is 0 Å². The van der Waals surface area contributed by atoms with Gasteiger partial charge in [0.05, 0.1) is 24.0 Å². The molecule has 0 bridgehead atoms. The van der Waals surface area contributed by atoms with Crippen molar-refractivity contribution in [3.63, 3.8) is 0 Å². The largest absolute Gasteiger partial charge is 0.198 e. The fourth-order valence-electron chi connectivity index (χ4n) is 2.39. The van der Waals surface area contributed by atoms with Crippen LogP contribution in [-0.2, 0) is 11.8 Å². The van der Waals surface area contributed by atoms with E-state index in [1.807, 2.05) is 18.2 Å². The molecule has 0 N–H and O–H groups in total. The Morgan fingerprint density at radius 3 is 2.80 bits per heavy atom. The molecule has 0 spiro atoms. The third-order valence-electron chi connectivity index (χ3n) is 3.18. The molecule has 0 heterocycles. The van der Waals surface area contributed by atoms with Gasteiger partial charge in [-0.2, -0.15) is 10.5 Å². The van der Waals surface area contributed by atoms with E-state index in [1.54, 1.807) is 0 Å². The van der Waals surface area contributed by atoms with Crippen LogP contribution >= 0.6 is 0 Å². The zero-order valence-electron chi connectivity index (χ0n) is 8.53. The van der Waals surface area contributed by atoms with Gasteiger partial charge in [0.2, 0.25) is 0 Å². The van der Waals surface area contributed by atoms with Crippen LogP contribution in [0.3, 0.4) is 0 Å². The molecule has 0 saturated carbocycles. The molecule has 0 aromatic heterocycles. The van der Waals surface area contributed by atoms with Crippen molar-refractivity contribution in [1.29, 1.82) is 10.5 Å². The summed E-state index contributed by atoms with van der Waals surface area (Å²) in [4.78, 5) is 0. The maximum absolute atomic E-state index is 9.32. The maximum atomic E-state index is 9.32. The lowest BCUT2D eigenvalue weighted by atomic mass is 9.69. The summed E-state index contributed by atoms with van der Waals surface area (Å²) in [5, 5.41) is 18.2. The summed E-state index contributed by atoms with van der Waals surface area (Å²) in [7, 11) is 0. The number of rotatable bonds is 1. The van der Waals surface area contributed by atoms with Gasteiger partial charge in [0, 0.05) is 0 Å². The smallest absolute Gasteiger partial charge is 0.0954 e. The van der Waals surface area contributed by atoms with Crippen LogP contribution in [0.4, 0.5) is 0 Å². The normalized spacial score (nSPS) is 23.6. The van der Waals surface area contributed by atoms with Crippen LogP contribution in [0.25, 0.3) is 0 Å². The van der Waals surface area contributed by atoms with Crippen molar-refractivity contribution in [2.24, 2.45) is 0 Å². The van der Waals surface area contributed by atoms with E-state index in [0.717, 1.165) is 24.8 Å². The summed E-state index contributed by atoms with van der Waals surface area (Å²) in [5.41, 5.74) is 1.75. The SMILES string of the molecule is N#CCC1(C#N)CCCc2ccccc21. The van der Waals surface area contributed by atoms with Crippen molar-refractivity contribution in [1.82, 2.24) is 0 Å². The molecule has 2 heteroatoms. The van der Waals surface area contributed by atoms with Gasteiger partial charge in [-0.15, -0.1) is 0 Å². The minimum atomic E-state index is -0.552. The van der Waals surface area contributed by atoms with Gasteiger partial charge in [-0.25, -0.2) is 0 Å². The van der Waals surface area contributed by atoms with E-state index in [4.69, 9.17) is 5.26 Å². The quantitative estimate of drug-likeness (QED) is 0.693. The van der Waals surface area contributed by atoms with Crippen LogP contribution in [0.2, 0.25) is 0 Å². The summed E-state index contributed by atoms with van der Waals surface area (Å²) < 4.78 is 0. The number of benzene rings is 1. The number of nitriles is 2. The highest BCUT2D eigenvalue weighted by atomic mass is 14.4. The Morgan fingerprint density at radius 1 is 1.27 bits per heavy atom. The second-order valence-corrected chi connectivity index (χ2v) is 4.04. The van der Waals surface area contributed by atoms with E-state index in [0.29, 0.717) is 6.42 Å². The van der Waals surface area contributed by atoms with Crippen molar-refractivity contribution in [3.8, 4) is 12.1 Å². The second-order valence-electron chi connectivity index (χ2n) is 4.04.